The first-order valence-corrected chi connectivity index (χ1v) is 6.95. The van der Waals surface area contributed by atoms with Gasteiger partial charge in [-0.2, -0.15) is 0 Å². The molecule has 0 aliphatic rings. The molecule has 0 bridgehead atoms. The third-order valence-electron chi connectivity index (χ3n) is 2.49. The lowest BCUT2D eigenvalue weighted by Crippen LogP contribution is -2.15. The lowest BCUT2D eigenvalue weighted by Gasteiger charge is -2.09. The van der Waals surface area contributed by atoms with Gasteiger partial charge in [-0.05, 0) is 68.6 Å². The van der Waals surface area contributed by atoms with Crippen molar-refractivity contribution >= 4 is 43.5 Å². The fourth-order valence-corrected chi connectivity index (χ4v) is 2.41. The number of nitrogens with one attached hydrogen (secondary N) is 1. The van der Waals surface area contributed by atoms with Gasteiger partial charge in [-0.1, -0.05) is 0 Å². The molecule has 98 valence electrons. The highest BCUT2D eigenvalue weighted by atomic mass is 79.9. The largest absolute Gasteiger partial charge is 0.320 e. The van der Waals surface area contributed by atoms with Crippen molar-refractivity contribution in [3.63, 3.8) is 0 Å². The molecule has 1 heterocycles. The summed E-state index contributed by atoms with van der Waals surface area (Å²) >= 11 is 6.35. The molecule has 1 amide bonds. The second-order valence-electron chi connectivity index (χ2n) is 3.87. The van der Waals surface area contributed by atoms with E-state index in [1.807, 2.05) is 0 Å². The Morgan fingerprint density at radius 2 is 2.05 bits per heavy atom. The molecule has 0 atom stereocenters. The smallest absolute Gasteiger partial charge is 0.275 e. The van der Waals surface area contributed by atoms with Crippen molar-refractivity contribution in [1.29, 1.82) is 0 Å². The van der Waals surface area contributed by atoms with Crippen LogP contribution in [-0.4, -0.2) is 10.9 Å². The number of pyridine rings is 1. The van der Waals surface area contributed by atoms with Crippen LogP contribution in [0.5, 0.6) is 0 Å². The number of carbonyl (C=O) groups is 1. The fourth-order valence-electron chi connectivity index (χ4n) is 1.52. The average Bonchev–Trinajstić information content (AvgIpc) is 2.36. The first-order valence-electron chi connectivity index (χ1n) is 5.36. The van der Waals surface area contributed by atoms with E-state index in [1.54, 1.807) is 25.1 Å². The quantitative estimate of drug-likeness (QED) is 0.834. The van der Waals surface area contributed by atoms with E-state index in [-0.39, 0.29) is 5.69 Å². The van der Waals surface area contributed by atoms with Gasteiger partial charge in [0.2, 0.25) is 0 Å². The molecule has 0 unspecified atom stereocenters. The first-order chi connectivity index (χ1) is 8.99. The van der Waals surface area contributed by atoms with E-state index < -0.39 is 11.7 Å². The molecule has 1 N–H and O–H groups in total. The Morgan fingerprint density at radius 3 is 2.74 bits per heavy atom. The van der Waals surface area contributed by atoms with Gasteiger partial charge in [0.15, 0.2) is 0 Å². The summed E-state index contributed by atoms with van der Waals surface area (Å²) < 4.78 is 14.4. The molecular formula is C13H9Br2FN2O. The molecule has 0 aliphatic heterocycles. The molecule has 6 heteroatoms. The lowest BCUT2D eigenvalue weighted by atomic mass is 10.2. The van der Waals surface area contributed by atoms with Crippen molar-refractivity contribution < 1.29 is 9.18 Å². The Kier molecular flexibility index (Phi) is 4.31. The van der Waals surface area contributed by atoms with Crippen LogP contribution in [-0.2, 0) is 0 Å². The number of nitrogens with zero attached hydrogens (tertiary/aromatic N) is 1. The van der Waals surface area contributed by atoms with Gasteiger partial charge in [0, 0.05) is 16.4 Å². The molecule has 3 nitrogen and oxygen atoms in total. The van der Waals surface area contributed by atoms with E-state index in [9.17, 15) is 9.18 Å². The Hall–Kier alpha value is -1.27. The second-order valence-corrected chi connectivity index (χ2v) is 5.58. The van der Waals surface area contributed by atoms with Crippen LogP contribution in [0.3, 0.4) is 0 Å². The molecule has 0 aliphatic carbocycles. The summed E-state index contributed by atoms with van der Waals surface area (Å²) in [5.41, 5.74) is 1.43. The molecule has 2 rings (SSSR count). The molecule has 1 aromatic carbocycles. The van der Waals surface area contributed by atoms with Crippen molar-refractivity contribution in [1.82, 2.24) is 4.98 Å². The van der Waals surface area contributed by atoms with E-state index >= 15 is 0 Å². The molecule has 0 saturated heterocycles. The van der Waals surface area contributed by atoms with E-state index in [1.165, 1.54) is 12.3 Å². The summed E-state index contributed by atoms with van der Waals surface area (Å²) in [6.07, 6.45) is 1.52. The maximum absolute atomic E-state index is 13.5. The predicted octanol–water partition coefficient (Wildman–Crippen LogP) is 4.31. The summed E-state index contributed by atoms with van der Waals surface area (Å²) in [4.78, 5) is 16.0. The zero-order chi connectivity index (χ0) is 14.0. The van der Waals surface area contributed by atoms with Crippen molar-refractivity contribution in [3.05, 3.63) is 56.5 Å². The van der Waals surface area contributed by atoms with Crippen molar-refractivity contribution in [2.45, 2.75) is 6.92 Å². The molecule has 0 saturated carbocycles. The third kappa shape index (κ3) is 3.19. The summed E-state index contributed by atoms with van der Waals surface area (Å²) in [6.45, 7) is 1.78. The Balaban J connectivity index is 2.30. The number of aryl methyl sites for hydroxylation is 1. The number of aromatic nitrogens is 1. The van der Waals surface area contributed by atoms with Gasteiger partial charge in [-0.3, -0.25) is 4.79 Å². The van der Waals surface area contributed by atoms with Crippen LogP contribution in [0.15, 0.2) is 39.4 Å². The molecule has 0 radical (unpaired) electrons. The minimum atomic E-state index is -0.430. The number of rotatable bonds is 2. The highest BCUT2D eigenvalue weighted by Gasteiger charge is 2.13. The standard InChI is InChI=1S/C13H9Br2FN2O/c1-7-5-9(15)10(16)6-11(7)18-13(19)12-8(14)3-2-4-17-12/h2-6H,1H3,(H,18,19). The third-order valence-corrected chi connectivity index (χ3v) is 3.74. The molecule has 0 fully saturated rings. The van der Waals surface area contributed by atoms with Crippen molar-refractivity contribution in [3.8, 4) is 0 Å². The van der Waals surface area contributed by atoms with Crippen molar-refractivity contribution in [2.24, 2.45) is 0 Å². The van der Waals surface area contributed by atoms with Crippen molar-refractivity contribution in [2.75, 3.05) is 5.32 Å². The van der Waals surface area contributed by atoms with Crippen LogP contribution in [0.1, 0.15) is 16.1 Å². The zero-order valence-electron chi connectivity index (χ0n) is 9.88. The van der Waals surface area contributed by atoms with Crippen LogP contribution in [0.25, 0.3) is 0 Å². The van der Waals surface area contributed by atoms with Crippen LogP contribution in [0.2, 0.25) is 0 Å². The molecular weight excluding hydrogens is 379 g/mol. The number of benzene rings is 1. The topological polar surface area (TPSA) is 42.0 Å². The van der Waals surface area contributed by atoms with Gasteiger partial charge in [0.05, 0.1) is 4.47 Å². The normalized spacial score (nSPS) is 10.3. The minimum Gasteiger partial charge on any atom is -0.320 e. The van der Waals surface area contributed by atoms with Gasteiger partial charge < -0.3 is 5.32 Å². The number of halogens is 3. The van der Waals surface area contributed by atoms with Gasteiger partial charge >= 0.3 is 0 Å². The van der Waals surface area contributed by atoms with Crippen LogP contribution in [0, 0.1) is 12.7 Å². The lowest BCUT2D eigenvalue weighted by molar-refractivity contribution is 0.102. The summed E-state index contributed by atoms with van der Waals surface area (Å²) in [5, 5.41) is 2.64. The van der Waals surface area contributed by atoms with Crippen LogP contribution >= 0.6 is 31.9 Å². The zero-order valence-corrected chi connectivity index (χ0v) is 13.0. The van der Waals surface area contributed by atoms with Crippen LogP contribution < -0.4 is 5.32 Å². The Bertz CT molecular complexity index is 647. The SMILES string of the molecule is Cc1cc(Br)c(F)cc1NC(=O)c1ncccc1Br. The fraction of sp³-hybridized carbons (Fsp3) is 0.0769. The molecule has 19 heavy (non-hydrogen) atoms. The van der Waals surface area contributed by atoms with Gasteiger partial charge in [0.25, 0.3) is 5.91 Å². The first kappa shape index (κ1) is 14.1. The average molecular weight is 388 g/mol. The van der Waals surface area contributed by atoms with Crippen LogP contribution in [0.4, 0.5) is 10.1 Å². The number of amides is 1. The van der Waals surface area contributed by atoms with E-state index in [2.05, 4.69) is 42.2 Å². The predicted molar refractivity (Wildman–Crippen MR) is 78.7 cm³/mol. The maximum atomic E-state index is 13.5. The maximum Gasteiger partial charge on any atom is 0.275 e. The molecule has 0 spiro atoms. The summed E-state index contributed by atoms with van der Waals surface area (Å²) in [6, 6.07) is 6.31. The summed E-state index contributed by atoms with van der Waals surface area (Å²) in [5.74, 6) is -0.821. The molecule has 2 aromatic rings. The van der Waals surface area contributed by atoms with Gasteiger partial charge in [-0.25, -0.2) is 9.37 Å². The van der Waals surface area contributed by atoms with E-state index in [4.69, 9.17) is 0 Å². The number of carbonyl (C=O) groups excluding carboxylic acids is 1. The number of anilines is 1. The second kappa shape index (κ2) is 5.79. The number of hydrogen-bond acceptors (Lipinski definition) is 2. The molecule has 1 aromatic heterocycles. The monoisotopic (exact) mass is 386 g/mol. The minimum absolute atomic E-state index is 0.255. The number of hydrogen-bond donors (Lipinski definition) is 1. The summed E-state index contributed by atoms with van der Waals surface area (Å²) in [7, 11) is 0. The Labute approximate surface area is 126 Å². The highest BCUT2D eigenvalue weighted by Crippen LogP contribution is 2.24. The highest BCUT2D eigenvalue weighted by molar-refractivity contribution is 9.10. The Morgan fingerprint density at radius 1 is 1.32 bits per heavy atom. The van der Waals surface area contributed by atoms with Gasteiger partial charge in [0.1, 0.15) is 11.5 Å². The van der Waals surface area contributed by atoms with E-state index in [0.717, 1.165) is 5.56 Å². The van der Waals surface area contributed by atoms with Gasteiger partial charge in [-0.15, -0.1) is 0 Å². The van der Waals surface area contributed by atoms with E-state index in [0.29, 0.717) is 14.6 Å².